The third kappa shape index (κ3) is 3.46. The smallest absolute Gasteiger partial charge is 0.258 e. The molecule has 2 aromatic heterocycles. The lowest BCUT2D eigenvalue weighted by atomic mass is 10.2. The quantitative estimate of drug-likeness (QED) is 0.295. The second-order valence-corrected chi connectivity index (χ2v) is 7.44. The summed E-state index contributed by atoms with van der Waals surface area (Å²) in [5.41, 5.74) is 1.52. The van der Waals surface area contributed by atoms with Gasteiger partial charge < -0.3 is 0 Å². The second-order valence-electron chi connectivity index (χ2n) is 5.12. The third-order valence-corrected chi connectivity index (χ3v) is 5.56. The number of thiazole rings is 1. The van der Waals surface area contributed by atoms with Crippen molar-refractivity contribution in [3.05, 3.63) is 70.8 Å². The Morgan fingerprint density at radius 1 is 1.19 bits per heavy atom. The van der Waals surface area contributed by atoms with Crippen LogP contribution >= 0.6 is 23.1 Å². The number of benzene rings is 2. The van der Waals surface area contributed by atoms with E-state index in [1.807, 2.05) is 24.3 Å². The van der Waals surface area contributed by atoms with Crippen LogP contribution in [-0.4, -0.2) is 31.0 Å². The van der Waals surface area contributed by atoms with Crippen molar-refractivity contribution >= 4 is 45.2 Å². The molecule has 0 aliphatic carbocycles. The molecule has 4 rings (SSSR count). The molecule has 26 heavy (non-hydrogen) atoms. The fourth-order valence-electron chi connectivity index (χ4n) is 2.22. The molecule has 0 unspecified atom stereocenters. The van der Waals surface area contributed by atoms with E-state index in [0.717, 1.165) is 14.6 Å². The Hall–Kier alpha value is -3.11. The molecule has 0 aliphatic rings. The van der Waals surface area contributed by atoms with Gasteiger partial charge in [-0.2, -0.15) is 5.10 Å². The van der Waals surface area contributed by atoms with Crippen LogP contribution in [-0.2, 0) is 0 Å². The predicted molar refractivity (Wildman–Crippen MR) is 99.9 cm³/mol. The highest BCUT2D eigenvalue weighted by Crippen LogP contribution is 2.38. The Kier molecular flexibility index (Phi) is 4.42. The zero-order valence-electron chi connectivity index (χ0n) is 13.1. The molecule has 0 amide bonds. The van der Waals surface area contributed by atoms with E-state index in [-0.39, 0.29) is 5.69 Å². The lowest BCUT2D eigenvalue weighted by Gasteiger charge is -2.01. The molecule has 4 aromatic rings. The molecular weight excluding hydrogens is 372 g/mol. The average molecular weight is 382 g/mol. The maximum Gasteiger partial charge on any atom is 0.283 e. The molecule has 0 radical (unpaired) electrons. The summed E-state index contributed by atoms with van der Waals surface area (Å²) in [6.45, 7) is 0. The number of nitrogens with zero attached hydrogens (tertiary/aromatic N) is 6. The van der Waals surface area contributed by atoms with Gasteiger partial charge in [-0.1, -0.05) is 30.0 Å². The highest BCUT2D eigenvalue weighted by atomic mass is 32.2. The van der Waals surface area contributed by atoms with Gasteiger partial charge in [0.25, 0.3) is 5.69 Å². The van der Waals surface area contributed by atoms with Crippen molar-refractivity contribution in [3.8, 4) is 0 Å². The van der Waals surface area contributed by atoms with Gasteiger partial charge in [-0.15, -0.1) is 21.5 Å². The second kappa shape index (κ2) is 7.02. The standard InChI is InChI=1S/C16H10N6O2S2/c23-22(24)13-7-11(8-19-21-9-17-18-10-21)5-6-15(13)26-16-20-12-3-1-2-4-14(12)25-16/h1-10H. The van der Waals surface area contributed by atoms with E-state index in [2.05, 4.69) is 20.3 Å². The molecule has 8 nitrogen and oxygen atoms in total. The van der Waals surface area contributed by atoms with Gasteiger partial charge in [0, 0.05) is 11.6 Å². The highest BCUT2D eigenvalue weighted by molar-refractivity contribution is 8.01. The van der Waals surface area contributed by atoms with Crippen LogP contribution in [0.25, 0.3) is 10.2 Å². The van der Waals surface area contributed by atoms with E-state index in [1.165, 1.54) is 52.7 Å². The first-order valence-corrected chi connectivity index (χ1v) is 9.03. The third-order valence-electron chi connectivity index (χ3n) is 3.40. The monoisotopic (exact) mass is 382 g/mol. The molecule has 0 atom stereocenters. The molecule has 0 saturated heterocycles. The number of rotatable bonds is 5. The minimum absolute atomic E-state index is 0.0157. The van der Waals surface area contributed by atoms with Crippen molar-refractivity contribution in [1.82, 2.24) is 19.9 Å². The summed E-state index contributed by atoms with van der Waals surface area (Å²) in [6.07, 6.45) is 4.38. The molecule has 10 heteroatoms. The van der Waals surface area contributed by atoms with Crippen LogP contribution < -0.4 is 0 Å². The van der Waals surface area contributed by atoms with E-state index >= 15 is 0 Å². The van der Waals surface area contributed by atoms with E-state index < -0.39 is 4.92 Å². The lowest BCUT2D eigenvalue weighted by Crippen LogP contribution is -1.94. The largest absolute Gasteiger partial charge is 0.283 e. The van der Waals surface area contributed by atoms with E-state index in [9.17, 15) is 10.1 Å². The molecule has 0 fully saturated rings. The summed E-state index contributed by atoms with van der Waals surface area (Å²) in [5, 5.41) is 22.9. The Morgan fingerprint density at radius 3 is 2.77 bits per heavy atom. The Morgan fingerprint density at radius 2 is 2.00 bits per heavy atom. The summed E-state index contributed by atoms with van der Waals surface area (Å²) in [6, 6.07) is 12.7. The summed E-state index contributed by atoms with van der Waals surface area (Å²) < 4.78 is 3.23. The zero-order valence-corrected chi connectivity index (χ0v) is 14.7. The molecule has 0 bridgehead atoms. The van der Waals surface area contributed by atoms with Crippen LogP contribution in [0.1, 0.15) is 5.56 Å². The number of aromatic nitrogens is 4. The van der Waals surface area contributed by atoms with Crippen molar-refractivity contribution in [3.63, 3.8) is 0 Å². The van der Waals surface area contributed by atoms with Gasteiger partial charge in [0.05, 0.1) is 26.3 Å². The first-order valence-electron chi connectivity index (χ1n) is 7.40. The minimum atomic E-state index is -0.397. The number of hydrogen-bond donors (Lipinski definition) is 0. The average Bonchev–Trinajstić information content (AvgIpc) is 3.29. The van der Waals surface area contributed by atoms with Gasteiger partial charge in [0.1, 0.15) is 12.7 Å². The Balaban J connectivity index is 1.64. The topological polar surface area (TPSA) is 99.1 Å². The maximum absolute atomic E-state index is 11.5. The number of hydrogen-bond acceptors (Lipinski definition) is 8. The molecule has 2 aromatic carbocycles. The zero-order chi connectivity index (χ0) is 17.9. The lowest BCUT2D eigenvalue weighted by molar-refractivity contribution is -0.387. The fraction of sp³-hybridized carbons (Fsp3) is 0. The van der Waals surface area contributed by atoms with Crippen LogP contribution in [0.5, 0.6) is 0 Å². The molecule has 128 valence electrons. The molecule has 0 saturated carbocycles. The van der Waals surface area contributed by atoms with Crippen molar-refractivity contribution < 1.29 is 4.92 Å². The van der Waals surface area contributed by atoms with Crippen molar-refractivity contribution in [2.75, 3.05) is 0 Å². The van der Waals surface area contributed by atoms with Gasteiger partial charge in [-0.3, -0.25) is 10.1 Å². The first-order chi connectivity index (χ1) is 12.7. The molecular formula is C16H10N6O2S2. The fourth-order valence-corrected chi connectivity index (χ4v) is 4.33. The summed E-state index contributed by atoms with van der Waals surface area (Å²) in [7, 11) is 0. The van der Waals surface area contributed by atoms with Gasteiger partial charge in [-0.05, 0) is 18.2 Å². The van der Waals surface area contributed by atoms with E-state index in [1.54, 1.807) is 12.1 Å². The van der Waals surface area contributed by atoms with E-state index in [4.69, 9.17) is 0 Å². The maximum atomic E-state index is 11.5. The number of fused-ring (bicyclic) bond motifs is 1. The van der Waals surface area contributed by atoms with Crippen molar-refractivity contribution in [2.24, 2.45) is 5.10 Å². The summed E-state index contributed by atoms with van der Waals surface area (Å²) in [5.74, 6) is 0. The summed E-state index contributed by atoms with van der Waals surface area (Å²) >= 11 is 2.80. The van der Waals surface area contributed by atoms with Crippen LogP contribution in [0.4, 0.5) is 5.69 Å². The Bertz CT molecular complexity index is 1070. The number of nitro benzene ring substituents is 1. The molecule has 0 aliphatic heterocycles. The van der Waals surface area contributed by atoms with Gasteiger partial charge in [0.15, 0.2) is 4.34 Å². The number of nitro groups is 1. The first kappa shape index (κ1) is 16.4. The predicted octanol–water partition coefficient (Wildman–Crippen LogP) is 3.83. The van der Waals surface area contributed by atoms with Gasteiger partial charge in [-0.25, -0.2) is 9.66 Å². The van der Waals surface area contributed by atoms with Gasteiger partial charge >= 0.3 is 0 Å². The van der Waals surface area contributed by atoms with Crippen LogP contribution in [0.2, 0.25) is 0 Å². The number of para-hydroxylation sites is 1. The van der Waals surface area contributed by atoms with Crippen molar-refractivity contribution in [2.45, 2.75) is 9.24 Å². The van der Waals surface area contributed by atoms with Crippen LogP contribution in [0, 0.1) is 10.1 Å². The normalized spacial score (nSPS) is 11.4. The summed E-state index contributed by atoms with van der Waals surface area (Å²) in [4.78, 5) is 16.1. The van der Waals surface area contributed by atoms with Crippen LogP contribution in [0.3, 0.4) is 0 Å². The Labute approximate surface area is 155 Å². The van der Waals surface area contributed by atoms with Crippen LogP contribution in [0.15, 0.2) is 69.5 Å². The van der Waals surface area contributed by atoms with Crippen molar-refractivity contribution in [1.29, 1.82) is 0 Å². The SMILES string of the molecule is O=[N+]([O-])c1cc(C=Nn2cnnc2)ccc1Sc1nc2ccccc2s1. The minimum Gasteiger partial charge on any atom is -0.258 e. The molecule has 0 N–H and O–H groups in total. The van der Waals surface area contributed by atoms with E-state index in [0.29, 0.717) is 10.5 Å². The van der Waals surface area contributed by atoms with Gasteiger partial charge in [0.2, 0.25) is 0 Å². The highest BCUT2D eigenvalue weighted by Gasteiger charge is 2.17. The molecule has 0 spiro atoms. The molecule has 2 heterocycles.